The van der Waals surface area contributed by atoms with Crippen molar-refractivity contribution in [1.82, 2.24) is 15.0 Å². The lowest BCUT2D eigenvalue weighted by molar-refractivity contribution is -0.175. The van der Waals surface area contributed by atoms with Crippen molar-refractivity contribution < 1.29 is 19.4 Å². The zero-order valence-electron chi connectivity index (χ0n) is 21.3. The van der Waals surface area contributed by atoms with Crippen LogP contribution in [0.5, 0.6) is 0 Å². The van der Waals surface area contributed by atoms with E-state index >= 15 is 0 Å². The molecule has 0 aromatic carbocycles. The summed E-state index contributed by atoms with van der Waals surface area (Å²) in [6.45, 7) is 6.84. The van der Waals surface area contributed by atoms with Crippen LogP contribution in [-0.2, 0) is 16.1 Å². The smallest absolute Gasteiger partial charge is 0.181 e. The Morgan fingerprint density at radius 1 is 1.12 bits per heavy atom. The van der Waals surface area contributed by atoms with Gasteiger partial charge in [-0.2, -0.15) is 0 Å². The molecule has 0 bridgehead atoms. The molecule has 0 unspecified atom stereocenters. The molecule has 0 saturated heterocycles. The lowest BCUT2D eigenvalue weighted by Gasteiger charge is -2.62. The van der Waals surface area contributed by atoms with Crippen molar-refractivity contribution in [2.75, 3.05) is 13.7 Å². The van der Waals surface area contributed by atoms with Crippen molar-refractivity contribution in [3.05, 3.63) is 11.9 Å². The van der Waals surface area contributed by atoms with Crippen LogP contribution in [0.3, 0.4) is 0 Å². The maximum atomic E-state index is 13.5. The first kappa shape index (κ1) is 24.1. The summed E-state index contributed by atoms with van der Waals surface area (Å²) in [6.07, 6.45) is 11.1. The van der Waals surface area contributed by atoms with Crippen LogP contribution in [0.25, 0.3) is 0 Å². The standard InChI is InChI=1S/C27H41N3O4/c1-17(31)23-14-30(29-28-23)15-24(32)22-8-7-20-19-6-5-18-13-25(2,33)11-12-27(18,16-34-4)21(19)9-10-26(20,22)3/h14,18-22,33H,5-13,15-16H2,1-4H3/t18-,19-,20-,21-,22+,25+,26-,27+/m0/s1. The number of hydrogen-bond donors (Lipinski definition) is 1. The molecule has 7 heteroatoms. The fourth-order valence-electron chi connectivity index (χ4n) is 9.12. The van der Waals surface area contributed by atoms with Crippen LogP contribution in [0.2, 0.25) is 0 Å². The number of ketones is 2. The maximum absolute atomic E-state index is 13.5. The number of aliphatic hydroxyl groups is 1. The van der Waals surface area contributed by atoms with Gasteiger partial charge in [-0.25, -0.2) is 4.68 Å². The number of rotatable bonds is 6. The average molecular weight is 472 g/mol. The van der Waals surface area contributed by atoms with Crippen LogP contribution in [0.1, 0.15) is 89.0 Å². The predicted molar refractivity (Wildman–Crippen MR) is 127 cm³/mol. The molecule has 188 valence electrons. The van der Waals surface area contributed by atoms with Gasteiger partial charge in [0.2, 0.25) is 0 Å². The predicted octanol–water partition coefficient (Wildman–Crippen LogP) is 4.09. The van der Waals surface area contributed by atoms with Crippen LogP contribution < -0.4 is 0 Å². The van der Waals surface area contributed by atoms with E-state index in [-0.39, 0.29) is 34.9 Å². The van der Waals surface area contributed by atoms with Gasteiger partial charge in [0.05, 0.1) is 18.4 Å². The van der Waals surface area contributed by atoms with Crippen molar-refractivity contribution in [2.24, 2.45) is 40.4 Å². The molecule has 1 aromatic rings. The maximum Gasteiger partial charge on any atom is 0.181 e. The van der Waals surface area contributed by atoms with Gasteiger partial charge < -0.3 is 9.84 Å². The highest BCUT2D eigenvalue weighted by Crippen LogP contribution is 2.68. The van der Waals surface area contributed by atoms with E-state index < -0.39 is 5.60 Å². The van der Waals surface area contributed by atoms with E-state index in [1.54, 1.807) is 6.20 Å². The molecule has 1 N–H and O–H groups in total. The number of aromatic nitrogens is 3. The van der Waals surface area contributed by atoms with E-state index in [2.05, 4.69) is 17.2 Å². The minimum Gasteiger partial charge on any atom is -0.390 e. The fraction of sp³-hybridized carbons (Fsp3) is 0.852. The quantitative estimate of drug-likeness (QED) is 0.628. The lowest BCUT2D eigenvalue weighted by atomic mass is 9.43. The second-order valence-electron chi connectivity index (χ2n) is 12.5. The van der Waals surface area contributed by atoms with Gasteiger partial charge in [0, 0.05) is 20.0 Å². The molecule has 5 rings (SSSR count). The van der Waals surface area contributed by atoms with Crippen molar-refractivity contribution in [1.29, 1.82) is 0 Å². The molecule has 4 aliphatic carbocycles. The molecule has 4 fully saturated rings. The van der Waals surface area contributed by atoms with Gasteiger partial charge in [-0.3, -0.25) is 9.59 Å². The first-order valence-electron chi connectivity index (χ1n) is 13.2. The molecule has 4 aliphatic rings. The number of carbonyl (C=O) groups is 2. The highest BCUT2D eigenvalue weighted by Gasteiger charge is 2.63. The van der Waals surface area contributed by atoms with E-state index in [0.717, 1.165) is 51.6 Å². The first-order valence-corrected chi connectivity index (χ1v) is 13.2. The average Bonchev–Trinajstić information content (AvgIpc) is 3.38. The van der Waals surface area contributed by atoms with Gasteiger partial charge >= 0.3 is 0 Å². The number of methoxy groups -OCH3 is 1. The molecular formula is C27H41N3O4. The largest absolute Gasteiger partial charge is 0.390 e. The third kappa shape index (κ3) is 3.78. The Hall–Kier alpha value is -1.60. The number of hydrogen-bond acceptors (Lipinski definition) is 6. The first-order chi connectivity index (χ1) is 16.1. The van der Waals surface area contributed by atoms with Crippen molar-refractivity contribution in [3.63, 3.8) is 0 Å². The van der Waals surface area contributed by atoms with E-state index in [9.17, 15) is 14.7 Å². The molecular weight excluding hydrogens is 430 g/mol. The molecule has 0 aliphatic heterocycles. The summed E-state index contributed by atoms with van der Waals surface area (Å²) in [5, 5.41) is 18.7. The van der Waals surface area contributed by atoms with E-state index in [1.807, 2.05) is 14.0 Å². The Morgan fingerprint density at radius 2 is 1.91 bits per heavy atom. The second kappa shape index (κ2) is 8.51. The molecule has 0 spiro atoms. The number of nitrogens with zero attached hydrogens (tertiary/aromatic N) is 3. The molecule has 0 amide bonds. The molecule has 1 aromatic heterocycles. The van der Waals surface area contributed by atoms with E-state index in [0.29, 0.717) is 29.4 Å². The number of carbonyl (C=O) groups excluding carboxylic acids is 2. The Bertz CT molecular complexity index is 957. The third-order valence-corrected chi connectivity index (χ3v) is 10.7. The van der Waals surface area contributed by atoms with Gasteiger partial charge in [-0.05, 0) is 99.2 Å². The van der Waals surface area contributed by atoms with Gasteiger partial charge in [0.1, 0.15) is 12.2 Å². The Kier molecular flexibility index (Phi) is 6.03. The minimum absolute atomic E-state index is 0.0312. The summed E-state index contributed by atoms with van der Waals surface area (Å²) in [5.41, 5.74) is -0.0289. The van der Waals surface area contributed by atoms with Crippen LogP contribution in [0, 0.1) is 40.4 Å². The monoisotopic (exact) mass is 471 g/mol. The molecule has 34 heavy (non-hydrogen) atoms. The zero-order valence-corrected chi connectivity index (χ0v) is 21.3. The molecule has 7 nitrogen and oxygen atoms in total. The number of ether oxygens (including phenoxy) is 1. The van der Waals surface area contributed by atoms with Gasteiger partial charge in [-0.15, -0.1) is 5.10 Å². The van der Waals surface area contributed by atoms with Crippen LogP contribution in [0.4, 0.5) is 0 Å². The fourth-order valence-corrected chi connectivity index (χ4v) is 9.12. The van der Waals surface area contributed by atoms with E-state index in [4.69, 9.17) is 4.74 Å². The SMILES string of the molecule is COC[C@]12CC[C@@](C)(O)C[C@@H]1CC[C@H]1[C@@H]3CC[C@H](C(=O)Cn4cc(C(C)=O)nn4)[C@@]3(C)CC[C@@H]12. The summed E-state index contributed by atoms with van der Waals surface area (Å²) in [5.74, 6) is 2.52. The Balaban J connectivity index is 1.35. The molecule has 1 heterocycles. The van der Waals surface area contributed by atoms with Crippen LogP contribution in [-0.4, -0.2) is 51.0 Å². The number of fused-ring (bicyclic) bond motifs is 5. The van der Waals surface area contributed by atoms with Crippen LogP contribution in [0.15, 0.2) is 6.20 Å². The highest BCUT2D eigenvalue weighted by molar-refractivity contribution is 5.91. The molecule has 4 saturated carbocycles. The second-order valence-corrected chi connectivity index (χ2v) is 12.5. The summed E-state index contributed by atoms with van der Waals surface area (Å²) in [7, 11) is 1.83. The summed E-state index contributed by atoms with van der Waals surface area (Å²) >= 11 is 0. The van der Waals surface area contributed by atoms with Crippen molar-refractivity contribution in [2.45, 2.75) is 90.7 Å². The van der Waals surface area contributed by atoms with Gasteiger partial charge in [0.15, 0.2) is 11.6 Å². The number of Topliss-reactive ketones (excluding diaryl/α,β-unsaturated/α-hetero) is 2. The topological polar surface area (TPSA) is 94.3 Å². The van der Waals surface area contributed by atoms with E-state index in [1.165, 1.54) is 24.4 Å². The molecule has 0 radical (unpaired) electrons. The van der Waals surface area contributed by atoms with Crippen LogP contribution >= 0.6 is 0 Å². The third-order valence-electron chi connectivity index (χ3n) is 10.7. The van der Waals surface area contributed by atoms with Crippen molar-refractivity contribution in [3.8, 4) is 0 Å². The Morgan fingerprint density at radius 3 is 2.62 bits per heavy atom. The normalized spacial score (nSPS) is 43.6. The summed E-state index contributed by atoms with van der Waals surface area (Å²) in [4.78, 5) is 25.0. The van der Waals surface area contributed by atoms with Crippen molar-refractivity contribution >= 4 is 11.6 Å². The van der Waals surface area contributed by atoms with Gasteiger partial charge in [-0.1, -0.05) is 12.1 Å². The zero-order chi connectivity index (χ0) is 24.3. The molecule has 8 atom stereocenters. The lowest BCUT2D eigenvalue weighted by Crippen LogP contribution is -2.58. The highest BCUT2D eigenvalue weighted by atomic mass is 16.5. The Labute approximate surface area is 203 Å². The minimum atomic E-state index is -0.549. The summed E-state index contributed by atoms with van der Waals surface area (Å²) < 4.78 is 7.40. The van der Waals surface area contributed by atoms with Gasteiger partial charge in [0.25, 0.3) is 0 Å². The summed E-state index contributed by atoms with van der Waals surface area (Å²) in [6, 6.07) is 0.